The van der Waals surface area contributed by atoms with E-state index in [0.29, 0.717) is 28.5 Å². The Labute approximate surface area is 164 Å². The molecule has 0 fully saturated rings. The number of carbonyl (C=O) groups is 1. The smallest absolute Gasteiger partial charge is 0.259 e. The van der Waals surface area contributed by atoms with Crippen LogP contribution in [0.5, 0.6) is 5.75 Å². The molecule has 0 spiro atoms. The Bertz CT molecular complexity index is 1180. The van der Waals surface area contributed by atoms with Crippen LogP contribution in [0.1, 0.15) is 35.8 Å². The summed E-state index contributed by atoms with van der Waals surface area (Å²) in [4.78, 5) is 17.1. The Kier molecular flexibility index (Phi) is 4.52. The van der Waals surface area contributed by atoms with E-state index in [2.05, 4.69) is 25.6 Å². The summed E-state index contributed by atoms with van der Waals surface area (Å²) in [5.41, 5.74) is 7.95. The van der Waals surface area contributed by atoms with Crippen molar-refractivity contribution in [2.75, 3.05) is 12.3 Å². The SMILES string of the molecule is CCOc1c(C(C)NC(=O)c2c(N)nn3cccnc23)cc(Cl)c2cn[nH]c12. The molecule has 1 amide bonds. The van der Waals surface area contributed by atoms with Crippen LogP contribution >= 0.6 is 11.6 Å². The van der Waals surface area contributed by atoms with Gasteiger partial charge in [0.25, 0.3) is 5.91 Å². The number of aromatic amines is 1. The van der Waals surface area contributed by atoms with Gasteiger partial charge < -0.3 is 15.8 Å². The van der Waals surface area contributed by atoms with Crippen molar-refractivity contribution < 1.29 is 9.53 Å². The topological polar surface area (TPSA) is 123 Å². The third-order valence-corrected chi connectivity index (χ3v) is 4.73. The zero-order valence-electron chi connectivity index (χ0n) is 15.2. The summed E-state index contributed by atoms with van der Waals surface area (Å²) in [6.45, 7) is 4.17. The molecule has 1 atom stereocenters. The first kappa shape index (κ1) is 18.1. The number of hydrogen-bond acceptors (Lipinski definition) is 6. The Morgan fingerprint density at radius 1 is 1.50 bits per heavy atom. The molecule has 0 saturated heterocycles. The molecule has 1 aromatic carbocycles. The lowest BCUT2D eigenvalue weighted by molar-refractivity contribution is 0.0942. The van der Waals surface area contributed by atoms with Crippen molar-refractivity contribution >= 4 is 39.9 Å². The summed E-state index contributed by atoms with van der Waals surface area (Å²) in [6, 6.07) is 3.06. The molecule has 1 unspecified atom stereocenters. The molecule has 10 heteroatoms. The predicted octanol–water partition coefficient (Wildman–Crippen LogP) is 2.73. The summed E-state index contributed by atoms with van der Waals surface area (Å²) in [7, 11) is 0. The van der Waals surface area contributed by atoms with Crippen LogP contribution in [0.2, 0.25) is 5.02 Å². The average Bonchev–Trinajstić information content (AvgIpc) is 3.28. The number of aromatic nitrogens is 5. The highest BCUT2D eigenvalue weighted by Gasteiger charge is 2.24. The first-order chi connectivity index (χ1) is 13.5. The van der Waals surface area contributed by atoms with Gasteiger partial charge in [-0.25, -0.2) is 9.50 Å². The fraction of sp³-hybridized carbons (Fsp3) is 0.222. The van der Waals surface area contributed by atoms with Crippen molar-refractivity contribution in [2.24, 2.45) is 0 Å². The van der Waals surface area contributed by atoms with Gasteiger partial charge in [-0.1, -0.05) is 11.6 Å². The van der Waals surface area contributed by atoms with E-state index in [1.54, 1.807) is 30.7 Å². The van der Waals surface area contributed by atoms with Crippen LogP contribution in [0.15, 0.2) is 30.7 Å². The monoisotopic (exact) mass is 399 g/mol. The van der Waals surface area contributed by atoms with Crippen LogP contribution in [0, 0.1) is 0 Å². The molecule has 0 aliphatic heterocycles. The molecule has 0 bridgehead atoms. The quantitative estimate of drug-likeness (QED) is 0.474. The van der Waals surface area contributed by atoms with E-state index < -0.39 is 6.04 Å². The third-order valence-electron chi connectivity index (χ3n) is 4.42. The maximum atomic E-state index is 12.9. The van der Waals surface area contributed by atoms with Crippen LogP contribution in [0.4, 0.5) is 5.82 Å². The van der Waals surface area contributed by atoms with Crippen LogP contribution < -0.4 is 15.8 Å². The number of nitrogens with one attached hydrogen (secondary N) is 2. The van der Waals surface area contributed by atoms with E-state index in [0.717, 1.165) is 10.9 Å². The number of hydrogen-bond donors (Lipinski definition) is 3. The van der Waals surface area contributed by atoms with Gasteiger partial charge in [-0.3, -0.25) is 9.89 Å². The van der Waals surface area contributed by atoms with Gasteiger partial charge in [0.2, 0.25) is 0 Å². The maximum Gasteiger partial charge on any atom is 0.259 e. The van der Waals surface area contributed by atoms with Crippen LogP contribution in [-0.2, 0) is 0 Å². The molecule has 9 nitrogen and oxygen atoms in total. The zero-order valence-corrected chi connectivity index (χ0v) is 16.0. The van der Waals surface area contributed by atoms with Crippen molar-refractivity contribution in [3.63, 3.8) is 0 Å². The highest BCUT2D eigenvalue weighted by atomic mass is 35.5. The number of anilines is 1. The van der Waals surface area contributed by atoms with E-state index in [-0.39, 0.29) is 17.3 Å². The Morgan fingerprint density at radius 2 is 2.32 bits per heavy atom. The number of amides is 1. The van der Waals surface area contributed by atoms with Gasteiger partial charge >= 0.3 is 0 Å². The zero-order chi connectivity index (χ0) is 19.8. The average molecular weight is 400 g/mol. The normalized spacial score (nSPS) is 12.4. The first-order valence-electron chi connectivity index (χ1n) is 8.69. The van der Waals surface area contributed by atoms with Gasteiger partial charge in [-0.15, -0.1) is 5.10 Å². The summed E-state index contributed by atoms with van der Waals surface area (Å²) < 4.78 is 7.28. The highest BCUT2D eigenvalue weighted by Crippen LogP contribution is 2.37. The lowest BCUT2D eigenvalue weighted by atomic mass is 10.0. The number of rotatable bonds is 5. The van der Waals surface area contributed by atoms with E-state index >= 15 is 0 Å². The van der Waals surface area contributed by atoms with Gasteiger partial charge in [-0.2, -0.15) is 5.10 Å². The second-order valence-corrected chi connectivity index (χ2v) is 6.62. The number of nitrogens with two attached hydrogens (primary N) is 1. The number of fused-ring (bicyclic) bond motifs is 2. The number of H-pyrrole nitrogens is 1. The van der Waals surface area contributed by atoms with E-state index in [1.165, 1.54) is 4.52 Å². The fourth-order valence-corrected chi connectivity index (χ4v) is 3.42. The largest absolute Gasteiger partial charge is 0.491 e. The van der Waals surface area contributed by atoms with Gasteiger partial charge in [0.1, 0.15) is 16.8 Å². The molecule has 0 aliphatic carbocycles. The molecule has 144 valence electrons. The predicted molar refractivity (Wildman–Crippen MR) is 106 cm³/mol. The highest BCUT2D eigenvalue weighted by molar-refractivity contribution is 6.35. The number of nitrogens with zero attached hydrogens (tertiary/aromatic N) is 4. The lowest BCUT2D eigenvalue weighted by Crippen LogP contribution is -2.27. The van der Waals surface area contributed by atoms with Crippen molar-refractivity contribution in [3.05, 3.63) is 46.9 Å². The summed E-state index contributed by atoms with van der Waals surface area (Å²) in [5.74, 6) is 0.315. The lowest BCUT2D eigenvalue weighted by Gasteiger charge is -2.19. The Balaban J connectivity index is 1.72. The molecule has 4 aromatic rings. The molecule has 28 heavy (non-hydrogen) atoms. The number of nitrogen functional groups attached to an aromatic ring is 1. The second kappa shape index (κ2) is 7.01. The van der Waals surface area contributed by atoms with Gasteiger partial charge in [0.05, 0.1) is 23.9 Å². The molecule has 0 saturated carbocycles. The summed E-state index contributed by atoms with van der Waals surface area (Å²) >= 11 is 6.39. The summed E-state index contributed by atoms with van der Waals surface area (Å²) in [5, 5.41) is 15.3. The number of halogens is 1. The molecular weight excluding hydrogens is 382 g/mol. The van der Waals surface area contributed by atoms with Gasteiger partial charge in [0, 0.05) is 23.3 Å². The van der Waals surface area contributed by atoms with E-state index in [9.17, 15) is 4.79 Å². The van der Waals surface area contributed by atoms with Crippen molar-refractivity contribution in [3.8, 4) is 5.75 Å². The number of ether oxygens (including phenoxy) is 1. The minimum atomic E-state index is -0.419. The minimum absolute atomic E-state index is 0.107. The van der Waals surface area contributed by atoms with Gasteiger partial charge in [0.15, 0.2) is 11.5 Å². The van der Waals surface area contributed by atoms with E-state index in [1.807, 2.05) is 13.8 Å². The van der Waals surface area contributed by atoms with Crippen molar-refractivity contribution in [2.45, 2.75) is 19.9 Å². The molecule has 3 aromatic heterocycles. The first-order valence-corrected chi connectivity index (χ1v) is 9.07. The molecule has 4 N–H and O–H groups in total. The van der Waals surface area contributed by atoms with Crippen molar-refractivity contribution in [1.82, 2.24) is 30.1 Å². The molecular formula is C18H18ClN7O2. The minimum Gasteiger partial charge on any atom is -0.491 e. The summed E-state index contributed by atoms with van der Waals surface area (Å²) in [6.07, 6.45) is 4.90. The number of carbonyl (C=O) groups excluding carboxylic acids is 1. The Hall–Kier alpha value is -3.33. The second-order valence-electron chi connectivity index (χ2n) is 6.21. The molecule has 0 radical (unpaired) electrons. The third kappa shape index (κ3) is 2.89. The van der Waals surface area contributed by atoms with Gasteiger partial charge in [-0.05, 0) is 26.0 Å². The molecule has 0 aliphatic rings. The van der Waals surface area contributed by atoms with Crippen LogP contribution in [-0.4, -0.2) is 37.3 Å². The van der Waals surface area contributed by atoms with Crippen LogP contribution in [0.25, 0.3) is 16.6 Å². The molecule has 4 rings (SSSR count). The standard InChI is InChI=1S/C18H18ClN7O2/c1-3-28-15-10(7-12(19)11-8-22-24-14(11)15)9(2)23-18(27)13-16(20)25-26-6-4-5-21-17(13)26/h4-9H,3H2,1-2H3,(H2,20,25)(H,22,24)(H,23,27). The fourth-order valence-electron chi connectivity index (χ4n) is 3.15. The van der Waals surface area contributed by atoms with Crippen molar-refractivity contribution in [1.29, 1.82) is 0 Å². The molecule has 3 heterocycles. The van der Waals surface area contributed by atoms with Crippen LogP contribution in [0.3, 0.4) is 0 Å². The van der Waals surface area contributed by atoms with E-state index in [4.69, 9.17) is 22.1 Å². The Morgan fingerprint density at radius 3 is 3.11 bits per heavy atom. The maximum absolute atomic E-state index is 12.9. The number of benzene rings is 1.